The Bertz CT molecular complexity index is 570. The largest absolute Gasteiger partial charge is 0.478 e. The second kappa shape index (κ2) is 4.20. The highest BCUT2D eigenvalue weighted by atomic mass is 16.4. The van der Waals surface area contributed by atoms with Gasteiger partial charge in [-0.05, 0) is 25.1 Å². The maximum Gasteiger partial charge on any atom is 0.335 e. The van der Waals surface area contributed by atoms with Crippen molar-refractivity contribution in [3.63, 3.8) is 0 Å². The minimum atomic E-state index is -0.901. The molecule has 4 heteroatoms. The van der Waals surface area contributed by atoms with Crippen LogP contribution >= 0.6 is 0 Å². The van der Waals surface area contributed by atoms with Crippen molar-refractivity contribution in [2.24, 2.45) is 0 Å². The van der Waals surface area contributed by atoms with Crippen molar-refractivity contribution < 1.29 is 9.90 Å². The predicted molar refractivity (Wildman–Crippen MR) is 66.5 cm³/mol. The van der Waals surface area contributed by atoms with Crippen molar-refractivity contribution in [1.29, 1.82) is 0 Å². The van der Waals surface area contributed by atoms with E-state index in [2.05, 4.69) is 23.4 Å². The Morgan fingerprint density at radius 2 is 2.18 bits per heavy atom. The lowest BCUT2D eigenvalue weighted by Crippen LogP contribution is -2.03. The third-order valence-electron chi connectivity index (χ3n) is 2.86. The van der Waals surface area contributed by atoms with Crippen LogP contribution in [0.3, 0.4) is 0 Å². The summed E-state index contributed by atoms with van der Waals surface area (Å²) in [7, 11) is 0. The van der Waals surface area contributed by atoms with Gasteiger partial charge in [0, 0.05) is 12.5 Å². The maximum absolute atomic E-state index is 11.0. The van der Waals surface area contributed by atoms with Gasteiger partial charge in [-0.2, -0.15) is 0 Å². The van der Waals surface area contributed by atoms with Crippen molar-refractivity contribution in [1.82, 2.24) is 9.55 Å². The number of carbonyl (C=O) groups is 1. The molecule has 0 fully saturated rings. The molecule has 1 N–H and O–H groups in total. The summed E-state index contributed by atoms with van der Waals surface area (Å²) in [5.74, 6) is 0.433. The van der Waals surface area contributed by atoms with Gasteiger partial charge in [0.1, 0.15) is 5.82 Å². The predicted octanol–water partition coefficient (Wildman–Crippen LogP) is 2.88. The average molecular weight is 232 g/mol. The van der Waals surface area contributed by atoms with Crippen LogP contribution in [-0.4, -0.2) is 20.6 Å². The number of aromatic nitrogens is 2. The van der Waals surface area contributed by atoms with E-state index in [9.17, 15) is 4.79 Å². The molecular formula is C13H16N2O2. The van der Waals surface area contributed by atoms with Gasteiger partial charge < -0.3 is 9.67 Å². The lowest BCUT2D eigenvalue weighted by atomic mass is 10.2. The second-order valence-corrected chi connectivity index (χ2v) is 4.38. The average Bonchev–Trinajstić information content (AvgIpc) is 2.66. The third kappa shape index (κ3) is 1.90. The van der Waals surface area contributed by atoms with E-state index in [-0.39, 0.29) is 0 Å². The van der Waals surface area contributed by atoms with Gasteiger partial charge in [-0.15, -0.1) is 0 Å². The summed E-state index contributed by atoms with van der Waals surface area (Å²) in [4.78, 5) is 15.5. The van der Waals surface area contributed by atoms with Crippen LogP contribution in [0, 0.1) is 0 Å². The van der Waals surface area contributed by atoms with Gasteiger partial charge in [0.15, 0.2) is 0 Å². The molecule has 4 nitrogen and oxygen atoms in total. The highest BCUT2D eigenvalue weighted by Crippen LogP contribution is 2.22. The monoisotopic (exact) mass is 232 g/mol. The molecule has 0 saturated carbocycles. The molecule has 17 heavy (non-hydrogen) atoms. The summed E-state index contributed by atoms with van der Waals surface area (Å²) >= 11 is 0. The first kappa shape index (κ1) is 11.6. The Kier molecular flexibility index (Phi) is 2.88. The number of rotatable bonds is 3. The molecule has 0 amide bonds. The molecule has 2 rings (SSSR count). The van der Waals surface area contributed by atoms with Crippen LogP contribution in [0.25, 0.3) is 11.0 Å². The van der Waals surface area contributed by atoms with Crippen LogP contribution in [0.4, 0.5) is 0 Å². The Morgan fingerprint density at radius 1 is 1.47 bits per heavy atom. The number of carboxylic acid groups (broad SMARTS) is 1. The number of aromatic carboxylic acids is 1. The van der Waals surface area contributed by atoms with Crippen LogP contribution in [0.2, 0.25) is 0 Å². The zero-order valence-electron chi connectivity index (χ0n) is 10.3. The van der Waals surface area contributed by atoms with Gasteiger partial charge >= 0.3 is 5.97 Å². The molecule has 0 spiro atoms. The smallest absolute Gasteiger partial charge is 0.335 e. The molecule has 0 bridgehead atoms. The number of fused-ring (bicyclic) bond motifs is 1. The van der Waals surface area contributed by atoms with Gasteiger partial charge in [-0.1, -0.05) is 13.8 Å². The van der Waals surface area contributed by atoms with E-state index in [4.69, 9.17) is 5.11 Å². The number of carboxylic acids is 1. The Balaban J connectivity index is 2.71. The summed E-state index contributed by atoms with van der Waals surface area (Å²) < 4.78 is 2.08. The molecule has 90 valence electrons. The van der Waals surface area contributed by atoms with Crippen LogP contribution in [-0.2, 0) is 6.54 Å². The van der Waals surface area contributed by atoms with E-state index in [1.165, 1.54) is 0 Å². The standard InChI is InChI=1S/C13H16N2O2/c1-4-15-11-7-9(13(16)17)5-6-10(11)14-12(15)8(2)3/h5-8H,4H2,1-3H3,(H,16,17). The van der Waals surface area contributed by atoms with Crippen molar-refractivity contribution >= 4 is 17.0 Å². The van der Waals surface area contributed by atoms with Crippen molar-refractivity contribution in [2.75, 3.05) is 0 Å². The zero-order valence-corrected chi connectivity index (χ0v) is 10.3. The summed E-state index contributed by atoms with van der Waals surface area (Å²) in [5.41, 5.74) is 2.07. The first-order chi connectivity index (χ1) is 8.04. The molecule has 1 heterocycles. The molecule has 0 atom stereocenters. The summed E-state index contributed by atoms with van der Waals surface area (Å²) in [6.07, 6.45) is 0. The Morgan fingerprint density at radius 3 is 2.71 bits per heavy atom. The van der Waals surface area contributed by atoms with Gasteiger partial charge in [0.25, 0.3) is 0 Å². The first-order valence-electron chi connectivity index (χ1n) is 5.78. The fraction of sp³-hybridized carbons (Fsp3) is 0.385. The van der Waals surface area contributed by atoms with E-state index in [1.807, 2.05) is 6.92 Å². The Hall–Kier alpha value is -1.84. The molecule has 1 aromatic heterocycles. The van der Waals surface area contributed by atoms with Gasteiger partial charge in [0.2, 0.25) is 0 Å². The SMILES string of the molecule is CCn1c(C(C)C)nc2ccc(C(=O)O)cc21. The van der Waals surface area contributed by atoms with E-state index >= 15 is 0 Å². The highest BCUT2D eigenvalue weighted by molar-refractivity contribution is 5.92. The van der Waals surface area contributed by atoms with Crippen LogP contribution < -0.4 is 0 Å². The summed E-state index contributed by atoms with van der Waals surface area (Å²) in [5, 5.41) is 8.99. The Labute approximate surface area is 99.9 Å². The summed E-state index contributed by atoms with van der Waals surface area (Å²) in [6.45, 7) is 7.02. The van der Waals surface area contributed by atoms with E-state index in [0.717, 1.165) is 23.4 Å². The van der Waals surface area contributed by atoms with E-state index in [0.29, 0.717) is 11.5 Å². The fourth-order valence-corrected chi connectivity index (χ4v) is 2.05. The summed E-state index contributed by atoms with van der Waals surface area (Å²) in [6, 6.07) is 5.07. The number of aryl methyl sites for hydroxylation is 1. The molecule has 0 radical (unpaired) electrons. The highest BCUT2D eigenvalue weighted by Gasteiger charge is 2.14. The van der Waals surface area contributed by atoms with Crippen molar-refractivity contribution in [2.45, 2.75) is 33.2 Å². The maximum atomic E-state index is 11.0. The number of hydrogen-bond donors (Lipinski definition) is 1. The minimum Gasteiger partial charge on any atom is -0.478 e. The van der Waals surface area contributed by atoms with Crippen LogP contribution in [0.1, 0.15) is 42.9 Å². The number of imidazole rings is 1. The molecular weight excluding hydrogens is 216 g/mol. The van der Waals surface area contributed by atoms with E-state index in [1.54, 1.807) is 18.2 Å². The van der Waals surface area contributed by atoms with Gasteiger partial charge in [-0.3, -0.25) is 0 Å². The fourth-order valence-electron chi connectivity index (χ4n) is 2.05. The molecule has 0 aliphatic rings. The normalized spacial score (nSPS) is 11.3. The molecule has 2 aromatic rings. The molecule has 0 aliphatic heterocycles. The van der Waals surface area contributed by atoms with Gasteiger partial charge in [-0.25, -0.2) is 9.78 Å². The van der Waals surface area contributed by atoms with Crippen molar-refractivity contribution in [3.05, 3.63) is 29.6 Å². The first-order valence-corrected chi connectivity index (χ1v) is 5.78. The second-order valence-electron chi connectivity index (χ2n) is 4.38. The molecule has 1 aromatic carbocycles. The number of nitrogens with zero attached hydrogens (tertiary/aromatic N) is 2. The quantitative estimate of drug-likeness (QED) is 0.885. The number of hydrogen-bond acceptors (Lipinski definition) is 2. The topological polar surface area (TPSA) is 55.1 Å². The lowest BCUT2D eigenvalue weighted by molar-refractivity contribution is 0.0697. The lowest BCUT2D eigenvalue weighted by Gasteiger charge is -2.08. The molecule has 0 aliphatic carbocycles. The van der Waals surface area contributed by atoms with Crippen molar-refractivity contribution in [3.8, 4) is 0 Å². The van der Waals surface area contributed by atoms with Gasteiger partial charge in [0.05, 0.1) is 16.6 Å². The molecule has 0 saturated heterocycles. The minimum absolute atomic E-state index is 0.308. The number of benzene rings is 1. The van der Waals surface area contributed by atoms with Crippen LogP contribution in [0.15, 0.2) is 18.2 Å². The van der Waals surface area contributed by atoms with E-state index < -0.39 is 5.97 Å². The zero-order chi connectivity index (χ0) is 12.6. The third-order valence-corrected chi connectivity index (χ3v) is 2.86. The molecule has 0 unspecified atom stereocenters. The van der Waals surface area contributed by atoms with Crippen LogP contribution in [0.5, 0.6) is 0 Å².